The van der Waals surface area contributed by atoms with E-state index in [0.29, 0.717) is 19.4 Å². The van der Waals surface area contributed by atoms with Crippen molar-refractivity contribution in [3.8, 4) is 5.75 Å². The Balaban J connectivity index is 1.88. The first-order chi connectivity index (χ1) is 9.49. The number of nitrogens with zero attached hydrogens (tertiary/aromatic N) is 1. The minimum absolute atomic E-state index is 0.509. The molecule has 0 bridgehead atoms. The first-order valence-electron chi connectivity index (χ1n) is 6.70. The molecule has 1 heterocycles. The topological polar surface area (TPSA) is 59.4 Å². The lowest BCUT2D eigenvalue weighted by atomic mass is 9.88. The number of aliphatic carboxylic acids is 1. The summed E-state index contributed by atoms with van der Waals surface area (Å²) in [5.74, 6) is -0.00302. The van der Waals surface area contributed by atoms with Crippen LogP contribution < -0.4 is 4.74 Å². The number of carboxylic acids is 1. The number of carbonyl (C=O) groups is 1. The highest BCUT2D eigenvalue weighted by atomic mass is 16.5. The molecule has 4 nitrogen and oxygen atoms in total. The van der Waals surface area contributed by atoms with Crippen LogP contribution in [0.2, 0.25) is 0 Å². The molecule has 0 amide bonds. The van der Waals surface area contributed by atoms with Gasteiger partial charge in [-0.2, -0.15) is 0 Å². The van der Waals surface area contributed by atoms with Gasteiger partial charge in [0, 0.05) is 17.6 Å². The number of hydrogen-bond donors (Lipinski definition) is 1. The number of ether oxygens (including phenoxy) is 1. The maximum Gasteiger partial charge on any atom is 0.309 e. The van der Waals surface area contributed by atoms with Crippen molar-refractivity contribution in [2.75, 3.05) is 6.61 Å². The molecule has 20 heavy (non-hydrogen) atoms. The van der Waals surface area contributed by atoms with E-state index in [1.807, 2.05) is 30.3 Å². The second kappa shape index (κ2) is 5.90. The Bertz CT molecular complexity index is 607. The van der Waals surface area contributed by atoms with Gasteiger partial charge in [-0.15, -0.1) is 0 Å². The van der Waals surface area contributed by atoms with Gasteiger partial charge in [-0.3, -0.25) is 9.78 Å². The molecule has 1 aromatic heterocycles. The maximum absolute atomic E-state index is 11.0. The number of hydrogen-bond acceptors (Lipinski definition) is 3. The van der Waals surface area contributed by atoms with Gasteiger partial charge >= 0.3 is 5.97 Å². The van der Waals surface area contributed by atoms with Crippen LogP contribution in [0.25, 0.3) is 10.9 Å². The van der Waals surface area contributed by atoms with E-state index in [2.05, 4.69) is 4.98 Å². The summed E-state index contributed by atoms with van der Waals surface area (Å²) in [5.41, 5.74) is 0.199. The molecule has 0 fully saturated rings. The lowest BCUT2D eigenvalue weighted by Gasteiger charge is -2.18. The van der Waals surface area contributed by atoms with E-state index in [4.69, 9.17) is 9.84 Å². The molecule has 0 radical (unpaired) electrons. The van der Waals surface area contributed by atoms with E-state index in [1.54, 1.807) is 20.0 Å². The van der Waals surface area contributed by atoms with Crippen LogP contribution in [-0.4, -0.2) is 22.7 Å². The summed E-state index contributed by atoms with van der Waals surface area (Å²) in [7, 11) is 0. The average molecular weight is 273 g/mol. The number of benzene rings is 1. The second-order valence-electron chi connectivity index (χ2n) is 5.50. The van der Waals surface area contributed by atoms with E-state index in [9.17, 15) is 4.79 Å². The largest absolute Gasteiger partial charge is 0.494 e. The third-order valence-electron chi connectivity index (χ3n) is 3.37. The van der Waals surface area contributed by atoms with Gasteiger partial charge in [0.25, 0.3) is 0 Å². The molecule has 2 aromatic rings. The highest BCUT2D eigenvalue weighted by molar-refractivity contribution is 5.79. The molecule has 0 unspecified atom stereocenters. The standard InChI is InChI=1S/C16H19NO3/c1-16(2,15(18)19)8-4-10-20-13-7-6-12-5-3-9-17-14(12)11-13/h3,5-7,9,11H,4,8,10H2,1-2H3,(H,18,19). The van der Waals surface area contributed by atoms with E-state index < -0.39 is 11.4 Å². The predicted molar refractivity (Wildman–Crippen MR) is 77.9 cm³/mol. The first-order valence-corrected chi connectivity index (χ1v) is 6.70. The number of fused-ring (bicyclic) bond motifs is 1. The number of rotatable bonds is 6. The van der Waals surface area contributed by atoms with E-state index >= 15 is 0 Å². The summed E-state index contributed by atoms with van der Waals surface area (Å²) in [6, 6.07) is 9.68. The van der Waals surface area contributed by atoms with E-state index in [1.165, 1.54) is 0 Å². The summed E-state index contributed by atoms with van der Waals surface area (Å²) in [5, 5.41) is 10.1. The molecule has 0 saturated heterocycles. The zero-order valence-electron chi connectivity index (χ0n) is 11.8. The average Bonchev–Trinajstić information content (AvgIpc) is 2.43. The zero-order valence-corrected chi connectivity index (χ0v) is 11.8. The van der Waals surface area contributed by atoms with Crippen molar-refractivity contribution in [1.29, 1.82) is 0 Å². The van der Waals surface area contributed by atoms with Gasteiger partial charge < -0.3 is 9.84 Å². The van der Waals surface area contributed by atoms with Gasteiger partial charge in [0.05, 0.1) is 17.5 Å². The molecule has 0 atom stereocenters. The van der Waals surface area contributed by atoms with E-state index in [0.717, 1.165) is 16.7 Å². The monoisotopic (exact) mass is 273 g/mol. The Hall–Kier alpha value is -2.10. The molecule has 2 rings (SSSR count). The minimum atomic E-state index is -0.771. The molecule has 0 aliphatic carbocycles. The molecule has 0 saturated carbocycles. The van der Waals surface area contributed by atoms with Crippen LogP contribution >= 0.6 is 0 Å². The summed E-state index contributed by atoms with van der Waals surface area (Å²) >= 11 is 0. The smallest absolute Gasteiger partial charge is 0.309 e. The van der Waals surface area contributed by atoms with Crippen LogP contribution in [0.3, 0.4) is 0 Å². The SMILES string of the molecule is CC(C)(CCCOc1ccc2cccnc2c1)C(=O)O. The van der Waals surface area contributed by atoms with Crippen molar-refractivity contribution < 1.29 is 14.6 Å². The molecule has 1 aromatic carbocycles. The number of aromatic nitrogens is 1. The number of pyridine rings is 1. The Morgan fingerprint density at radius 3 is 2.90 bits per heavy atom. The highest BCUT2D eigenvalue weighted by Gasteiger charge is 2.26. The lowest BCUT2D eigenvalue weighted by molar-refractivity contribution is -0.147. The van der Waals surface area contributed by atoms with Gasteiger partial charge in [0.15, 0.2) is 0 Å². The molecule has 0 aliphatic heterocycles. The Morgan fingerprint density at radius 2 is 2.15 bits per heavy atom. The van der Waals surface area contributed by atoms with Crippen molar-refractivity contribution in [1.82, 2.24) is 4.98 Å². The first kappa shape index (κ1) is 14.3. The van der Waals surface area contributed by atoms with Gasteiger partial charge in [-0.1, -0.05) is 6.07 Å². The fourth-order valence-electron chi connectivity index (χ4n) is 1.95. The summed E-state index contributed by atoms with van der Waals surface area (Å²) in [6.07, 6.45) is 3.05. The summed E-state index contributed by atoms with van der Waals surface area (Å²) in [4.78, 5) is 15.3. The van der Waals surface area contributed by atoms with Crippen LogP contribution in [0, 0.1) is 5.41 Å². The predicted octanol–water partition coefficient (Wildman–Crippen LogP) is 3.50. The van der Waals surface area contributed by atoms with Crippen LogP contribution in [0.4, 0.5) is 0 Å². The summed E-state index contributed by atoms with van der Waals surface area (Å²) < 4.78 is 5.66. The van der Waals surface area contributed by atoms with Crippen LogP contribution in [0.1, 0.15) is 26.7 Å². The Labute approximate surface area is 118 Å². The Kier molecular flexibility index (Phi) is 4.23. The normalized spacial score (nSPS) is 11.5. The molecule has 0 spiro atoms. The highest BCUT2D eigenvalue weighted by Crippen LogP contribution is 2.23. The van der Waals surface area contributed by atoms with Crippen LogP contribution in [0.5, 0.6) is 5.75 Å². The van der Waals surface area contributed by atoms with Crippen LogP contribution in [0.15, 0.2) is 36.5 Å². The Morgan fingerprint density at radius 1 is 1.35 bits per heavy atom. The lowest BCUT2D eigenvalue weighted by Crippen LogP contribution is -2.24. The quantitative estimate of drug-likeness (QED) is 0.818. The second-order valence-corrected chi connectivity index (χ2v) is 5.50. The number of carboxylic acid groups (broad SMARTS) is 1. The molecular weight excluding hydrogens is 254 g/mol. The molecule has 106 valence electrons. The van der Waals surface area contributed by atoms with Gasteiger partial charge in [0.1, 0.15) is 5.75 Å². The van der Waals surface area contributed by atoms with E-state index in [-0.39, 0.29) is 0 Å². The minimum Gasteiger partial charge on any atom is -0.494 e. The van der Waals surface area contributed by atoms with Gasteiger partial charge in [-0.05, 0) is 44.9 Å². The zero-order chi connectivity index (χ0) is 14.6. The maximum atomic E-state index is 11.0. The van der Waals surface area contributed by atoms with Crippen molar-refractivity contribution in [3.05, 3.63) is 36.5 Å². The fourth-order valence-corrected chi connectivity index (χ4v) is 1.95. The molecule has 1 N–H and O–H groups in total. The van der Waals surface area contributed by atoms with Crippen LogP contribution in [-0.2, 0) is 4.79 Å². The summed E-state index contributed by atoms with van der Waals surface area (Å²) in [6.45, 7) is 3.97. The molecule has 4 heteroatoms. The van der Waals surface area contributed by atoms with Gasteiger partial charge in [0.2, 0.25) is 0 Å². The third kappa shape index (κ3) is 3.47. The molecular formula is C16H19NO3. The van der Waals surface area contributed by atoms with Crippen molar-refractivity contribution in [3.63, 3.8) is 0 Å². The van der Waals surface area contributed by atoms with Crippen molar-refractivity contribution in [2.24, 2.45) is 5.41 Å². The molecule has 0 aliphatic rings. The third-order valence-corrected chi connectivity index (χ3v) is 3.37. The van der Waals surface area contributed by atoms with Crippen molar-refractivity contribution >= 4 is 16.9 Å². The van der Waals surface area contributed by atoms with Gasteiger partial charge in [-0.25, -0.2) is 0 Å². The van der Waals surface area contributed by atoms with Crippen molar-refractivity contribution in [2.45, 2.75) is 26.7 Å². The fraction of sp³-hybridized carbons (Fsp3) is 0.375.